The summed E-state index contributed by atoms with van der Waals surface area (Å²) < 4.78 is 0. The lowest BCUT2D eigenvalue weighted by Gasteiger charge is -2.19. The molecule has 1 aliphatic heterocycles. The lowest BCUT2D eigenvalue weighted by Crippen LogP contribution is -2.14. The van der Waals surface area contributed by atoms with Gasteiger partial charge in [-0.05, 0) is 25.8 Å². The quantitative estimate of drug-likeness (QED) is 0.595. The zero-order valence-electron chi connectivity index (χ0n) is 8.29. The zero-order chi connectivity index (χ0) is 9.68. The molecule has 0 saturated carbocycles. The van der Waals surface area contributed by atoms with Crippen molar-refractivity contribution in [1.82, 2.24) is 4.90 Å². The summed E-state index contributed by atoms with van der Waals surface area (Å²) in [6.07, 6.45) is 10.3. The third kappa shape index (κ3) is 2.35. The van der Waals surface area contributed by atoms with E-state index in [1.807, 2.05) is 13.0 Å². The van der Waals surface area contributed by atoms with Gasteiger partial charge in [0.05, 0.1) is 0 Å². The summed E-state index contributed by atoms with van der Waals surface area (Å²) in [6, 6.07) is 0. The number of hydrogen-bond acceptors (Lipinski definition) is 1. The van der Waals surface area contributed by atoms with Crippen LogP contribution in [0, 0.1) is 0 Å². The van der Waals surface area contributed by atoms with Gasteiger partial charge in [-0.15, -0.1) is 0 Å². The summed E-state index contributed by atoms with van der Waals surface area (Å²) in [5, 5.41) is 0. The number of nitrogens with zero attached hydrogens (tertiary/aromatic N) is 1. The van der Waals surface area contributed by atoms with Crippen molar-refractivity contribution in [2.24, 2.45) is 0 Å². The summed E-state index contributed by atoms with van der Waals surface area (Å²) in [5.74, 6) is 0. The van der Waals surface area contributed by atoms with E-state index in [9.17, 15) is 0 Å². The molecule has 0 atom stereocenters. The van der Waals surface area contributed by atoms with Crippen LogP contribution in [0.2, 0.25) is 0 Å². The van der Waals surface area contributed by atoms with Crippen molar-refractivity contribution in [3.8, 4) is 0 Å². The molecule has 70 valence electrons. The van der Waals surface area contributed by atoms with Gasteiger partial charge in [-0.3, -0.25) is 0 Å². The molecule has 0 spiro atoms. The Labute approximate surface area is 80.7 Å². The highest BCUT2D eigenvalue weighted by atomic mass is 15.2. The number of hydrogen-bond donors (Lipinski definition) is 0. The molecule has 1 fully saturated rings. The second-order valence-electron chi connectivity index (χ2n) is 3.13. The first-order chi connectivity index (χ1) is 6.29. The van der Waals surface area contributed by atoms with E-state index in [2.05, 4.69) is 30.2 Å². The van der Waals surface area contributed by atoms with Crippen molar-refractivity contribution in [2.75, 3.05) is 6.54 Å². The summed E-state index contributed by atoms with van der Waals surface area (Å²) >= 11 is 0. The highest BCUT2D eigenvalue weighted by molar-refractivity contribution is 5.25. The molecule has 0 aromatic rings. The van der Waals surface area contributed by atoms with Gasteiger partial charge < -0.3 is 4.90 Å². The van der Waals surface area contributed by atoms with Crippen LogP contribution >= 0.6 is 0 Å². The van der Waals surface area contributed by atoms with Crippen molar-refractivity contribution < 1.29 is 0 Å². The van der Waals surface area contributed by atoms with Crippen LogP contribution in [0.5, 0.6) is 0 Å². The molecule has 0 amide bonds. The van der Waals surface area contributed by atoms with Crippen LogP contribution in [0.1, 0.15) is 19.8 Å². The van der Waals surface area contributed by atoms with Crippen LogP contribution in [-0.2, 0) is 0 Å². The lowest BCUT2D eigenvalue weighted by molar-refractivity contribution is 0.505. The summed E-state index contributed by atoms with van der Waals surface area (Å²) in [5.41, 5.74) is 2.45. The lowest BCUT2D eigenvalue weighted by atomic mass is 10.3. The predicted molar refractivity (Wildman–Crippen MR) is 58.2 cm³/mol. The topological polar surface area (TPSA) is 3.24 Å². The monoisotopic (exact) mass is 175 g/mol. The largest absolute Gasteiger partial charge is 0.346 e. The van der Waals surface area contributed by atoms with Crippen LogP contribution in [0.3, 0.4) is 0 Å². The Hall–Kier alpha value is -1.24. The van der Waals surface area contributed by atoms with Gasteiger partial charge in [0.2, 0.25) is 0 Å². The maximum Gasteiger partial charge on any atom is 0.0364 e. The minimum Gasteiger partial charge on any atom is -0.346 e. The smallest absolute Gasteiger partial charge is 0.0364 e. The van der Waals surface area contributed by atoms with E-state index in [4.69, 9.17) is 0 Å². The fourth-order valence-electron chi connectivity index (χ4n) is 1.55. The summed E-state index contributed by atoms with van der Waals surface area (Å²) in [7, 11) is 0. The molecule has 0 aliphatic carbocycles. The molecule has 0 N–H and O–H groups in total. The SMILES string of the molecule is C=C/C=C\C(=C/C)N1CCCC1=C. The number of rotatable bonds is 3. The summed E-state index contributed by atoms with van der Waals surface area (Å²) in [4.78, 5) is 2.26. The van der Waals surface area contributed by atoms with Gasteiger partial charge in [0, 0.05) is 17.9 Å². The molecule has 1 rings (SSSR count). The highest BCUT2D eigenvalue weighted by Gasteiger charge is 2.15. The molecule has 1 nitrogen and oxygen atoms in total. The minimum atomic E-state index is 1.10. The first-order valence-electron chi connectivity index (χ1n) is 4.70. The molecule has 1 saturated heterocycles. The Balaban J connectivity index is 2.72. The molecule has 0 aromatic heterocycles. The van der Waals surface area contributed by atoms with Crippen molar-refractivity contribution >= 4 is 0 Å². The maximum atomic E-state index is 4.04. The zero-order valence-corrected chi connectivity index (χ0v) is 8.29. The molecule has 0 aromatic carbocycles. The average molecular weight is 175 g/mol. The van der Waals surface area contributed by atoms with E-state index in [0.717, 1.165) is 13.0 Å². The van der Waals surface area contributed by atoms with E-state index < -0.39 is 0 Å². The van der Waals surface area contributed by atoms with Crippen LogP contribution in [0.4, 0.5) is 0 Å². The van der Waals surface area contributed by atoms with Crippen molar-refractivity contribution in [3.63, 3.8) is 0 Å². The van der Waals surface area contributed by atoms with E-state index >= 15 is 0 Å². The van der Waals surface area contributed by atoms with E-state index in [-0.39, 0.29) is 0 Å². The number of allylic oxidation sites excluding steroid dienone is 5. The maximum absolute atomic E-state index is 4.04. The summed E-state index contributed by atoms with van der Waals surface area (Å²) in [6.45, 7) is 10.8. The average Bonchev–Trinajstić information content (AvgIpc) is 2.54. The highest BCUT2D eigenvalue weighted by Crippen LogP contribution is 2.24. The third-order valence-corrected chi connectivity index (χ3v) is 2.24. The first kappa shape index (κ1) is 9.85. The van der Waals surface area contributed by atoms with Gasteiger partial charge in [-0.25, -0.2) is 0 Å². The van der Waals surface area contributed by atoms with Crippen LogP contribution in [0.15, 0.2) is 48.9 Å². The Morgan fingerprint density at radius 1 is 1.54 bits per heavy atom. The molecule has 1 heteroatoms. The Bertz CT molecular complexity index is 258. The fourth-order valence-corrected chi connectivity index (χ4v) is 1.55. The molecule has 13 heavy (non-hydrogen) atoms. The van der Waals surface area contributed by atoms with Crippen molar-refractivity contribution in [2.45, 2.75) is 19.8 Å². The standard InChI is InChI=1S/C12H17N/c1-4-6-9-12(5-2)13-10-7-8-11(13)3/h4-6,9H,1,3,7-8,10H2,2H3/b9-6-,12-5+. The van der Waals surface area contributed by atoms with Gasteiger partial charge in [0.25, 0.3) is 0 Å². The van der Waals surface area contributed by atoms with Crippen LogP contribution in [-0.4, -0.2) is 11.4 Å². The van der Waals surface area contributed by atoms with Crippen LogP contribution in [0.25, 0.3) is 0 Å². The van der Waals surface area contributed by atoms with Crippen LogP contribution < -0.4 is 0 Å². The van der Waals surface area contributed by atoms with Gasteiger partial charge >= 0.3 is 0 Å². The number of likely N-dealkylation sites (tertiary alicyclic amines) is 1. The Morgan fingerprint density at radius 3 is 2.77 bits per heavy atom. The molecule has 1 heterocycles. The van der Waals surface area contributed by atoms with Gasteiger partial charge in [-0.1, -0.05) is 31.4 Å². The molecule has 0 bridgehead atoms. The van der Waals surface area contributed by atoms with Crippen molar-refractivity contribution in [1.29, 1.82) is 0 Å². The van der Waals surface area contributed by atoms with Gasteiger partial charge in [0.15, 0.2) is 0 Å². The minimum absolute atomic E-state index is 1.10. The first-order valence-corrected chi connectivity index (χ1v) is 4.70. The predicted octanol–water partition coefficient (Wildman–Crippen LogP) is 3.24. The van der Waals surface area contributed by atoms with Gasteiger partial charge in [0.1, 0.15) is 0 Å². The second-order valence-corrected chi connectivity index (χ2v) is 3.13. The molecule has 0 unspecified atom stereocenters. The molecular weight excluding hydrogens is 158 g/mol. The van der Waals surface area contributed by atoms with E-state index in [1.54, 1.807) is 6.08 Å². The third-order valence-electron chi connectivity index (χ3n) is 2.24. The molecular formula is C12H17N. The normalized spacial score (nSPS) is 18.7. The van der Waals surface area contributed by atoms with E-state index in [0.29, 0.717) is 0 Å². The van der Waals surface area contributed by atoms with Crippen molar-refractivity contribution in [3.05, 3.63) is 48.9 Å². The van der Waals surface area contributed by atoms with Gasteiger partial charge in [-0.2, -0.15) is 0 Å². The molecule has 0 radical (unpaired) electrons. The molecule has 1 aliphatic rings. The van der Waals surface area contributed by atoms with E-state index in [1.165, 1.54) is 17.8 Å². The second kappa shape index (κ2) is 4.70. The Morgan fingerprint density at radius 2 is 2.31 bits per heavy atom. The Kier molecular flexibility index (Phi) is 3.56. The fraction of sp³-hybridized carbons (Fsp3) is 0.333.